The van der Waals surface area contributed by atoms with Gasteiger partial charge in [-0.3, -0.25) is 0 Å². The fraction of sp³-hybridized carbons (Fsp3) is 0.600. The van der Waals surface area contributed by atoms with Gasteiger partial charge in [-0.2, -0.15) is 0 Å². The Morgan fingerprint density at radius 1 is 0.404 bits per heavy atom. The van der Waals surface area contributed by atoms with Crippen LogP contribution in [0.2, 0.25) is 0 Å². The lowest BCUT2D eigenvalue weighted by atomic mass is 9.95. The van der Waals surface area contributed by atoms with Crippen molar-refractivity contribution in [3.8, 4) is 0 Å². The van der Waals surface area contributed by atoms with Crippen molar-refractivity contribution >= 4 is 0 Å². The molecule has 2 rings (SSSR count). The first-order chi connectivity index (χ1) is 25.8. The number of aliphatic hydroxyl groups excluding tert-OH is 2. The van der Waals surface area contributed by atoms with Gasteiger partial charge in [0.15, 0.2) is 0 Å². The molecule has 2 N–H and O–H groups in total. The van der Waals surface area contributed by atoms with E-state index in [2.05, 4.69) is 60.7 Å². The third kappa shape index (κ3) is 27.1. The molecule has 294 valence electrons. The van der Waals surface area contributed by atoms with E-state index in [1.165, 1.54) is 22.3 Å². The van der Waals surface area contributed by atoms with Crippen molar-refractivity contribution in [1.29, 1.82) is 0 Å². The highest BCUT2D eigenvalue weighted by molar-refractivity contribution is 5.36. The molecule has 2 aromatic carbocycles. The van der Waals surface area contributed by atoms with E-state index >= 15 is 0 Å². The van der Waals surface area contributed by atoms with Crippen LogP contribution in [0, 0.1) is 0 Å². The third-order valence-electron chi connectivity index (χ3n) is 7.21. The van der Waals surface area contributed by atoms with Crippen molar-refractivity contribution in [1.82, 2.24) is 0 Å². The topological polar surface area (TPSA) is 133 Å². The smallest absolute Gasteiger partial charge is 0.0704 e. The molecule has 0 aliphatic rings. The minimum Gasteiger partial charge on any atom is -0.394 e. The monoisotopic (exact) mass is 734 g/mol. The zero-order valence-electron chi connectivity index (χ0n) is 30.9. The molecular formula is C40H62O12. The van der Waals surface area contributed by atoms with Crippen molar-refractivity contribution in [3.63, 3.8) is 0 Å². The first kappa shape index (κ1) is 45.6. The summed E-state index contributed by atoms with van der Waals surface area (Å²) in [5.74, 6) is 0. The molecular weight excluding hydrogens is 672 g/mol. The van der Waals surface area contributed by atoms with E-state index in [0.29, 0.717) is 132 Å². The van der Waals surface area contributed by atoms with Crippen LogP contribution in [0.5, 0.6) is 0 Å². The van der Waals surface area contributed by atoms with E-state index in [1.54, 1.807) is 0 Å². The van der Waals surface area contributed by atoms with Gasteiger partial charge in [-0.25, -0.2) is 0 Å². The average molecular weight is 735 g/mol. The second-order valence-electron chi connectivity index (χ2n) is 11.3. The van der Waals surface area contributed by atoms with E-state index in [4.69, 9.17) is 57.6 Å². The van der Waals surface area contributed by atoms with Crippen molar-refractivity contribution in [2.24, 2.45) is 0 Å². The zero-order chi connectivity index (χ0) is 36.8. The Labute approximate surface area is 310 Å². The lowest BCUT2D eigenvalue weighted by molar-refractivity contribution is -0.0122. The van der Waals surface area contributed by atoms with Crippen LogP contribution in [0.4, 0.5) is 0 Å². The van der Waals surface area contributed by atoms with Gasteiger partial charge < -0.3 is 57.6 Å². The molecule has 0 aliphatic heterocycles. The Morgan fingerprint density at radius 2 is 0.750 bits per heavy atom. The van der Waals surface area contributed by atoms with Crippen LogP contribution in [-0.4, -0.2) is 156 Å². The summed E-state index contributed by atoms with van der Waals surface area (Å²) in [4.78, 5) is 0. The molecule has 0 spiro atoms. The number of ether oxygens (including phenoxy) is 10. The highest BCUT2D eigenvalue weighted by Crippen LogP contribution is 2.19. The first-order valence-electron chi connectivity index (χ1n) is 18.3. The first-order valence-corrected chi connectivity index (χ1v) is 18.3. The summed E-state index contributed by atoms with van der Waals surface area (Å²) in [5, 5.41) is 17.4. The molecule has 12 nitrogen and oxygen atoms in total. The number of benzene rings is 2. The quantitative estimate of drug-likeness (QED) is 0.0779. The van der Waals surface area contributed by atoms with E-state index in [-0.39, 0.29) is 13.2 Å². The minimum absolute atomic E-state index is 0.0171. The molecule has 0 aliphatic carbocycles. The van der Waals surface area contributed by atoms with Gasteiger partial charge in [-0.05, 0) is 35.1 Å². The van der Waals surface area contributed by atoms with Crippen LogP contribution >= 0.6 is 0 Å². The average Bonchev–Trinajstić information content (AvgIpc) is 3.17. The summed E-state index contributed by atoms with van der Waals surface area (Å²) in [6, 6.07) is 20.9. The molecule has 0 bridgehead atoms. The predicted octanol–water partition coefficient (Wildman–Crippen LogP) is 3.48. The number of hydrogen-bond donors (Lipinski definition) is 2. The largest absolute Gasteiger partial charge is 0.394 e. The van der Waals surface area contributed by atoms with Gasteiger partial charge in [-0.15, -0.1) is 0 Å². The van der Waals surface area contributed by atoms with Crippen LogP contribution < -0.4 is 0 Å². The minimum atomic E-state index is 0.0171. The molecule has 0 aromatic heterocycles. The number of allylic oxidation sites excluding steroid dienone is 2. The summed E-state index contributed by atoms with van der Waals surface area (Å²) in [7, 11) is 0. The van der Waals surface area contributed by atoms with Crippen LogP contribution in [0.25, 0.3) is 0 Å². The van der Waals surface area contributed by atoms with Crippen LogP contribution in [0.1, 0.15) is 11.1 Å². The Bertz CT molecular complexity index is 1100. The van der Waals surface area contributed by atoms with Gasteiger partial charge in [0, 0.05) is 0 Å². The molecule has 0 radical (unpaired) electrons. The Morgan fingerprint density at radius 3 is 1.15 bits per heavy atom. The van der Waals surface area contributed by atoms with Gasteiger partial charge >= 0.3 is 0 Å². The summed E-state index contributed by atoms with van der Waals surface area (Å²) in [5.41, 5.74) is 4.86. The fourth-order valence-electron chi connectivity index (χ4n) is 4.64. The summed E-state index contributed by atoms with van der Waals surface area (Å²) in [6.07, 6.45) is 5.77. The molecule has 0 saturated carbocycles. The van der Waals surface area contributed by atoms with Crippen molar-refractivity contribution in [3.05, 3.63) is 95.1 Å². The summed E-state index contributed by atoms with van der Waals surface area (Å²) in [6.45, 7) is 9.36. The lowest BCUT2D eigenvalue weighted by Crippen LogP contribution is -2.14. The maximum atomic E-state index is 8.69. The van der Waals surface area contributed by atoms with E-state index < -0.39 is 0 Å². The van der Waals surface area contributed by atoms with E-state index in [1.807, 2.05) is 12.1 Å². The van der Waals surface area contributed by atoms with Gasteiger partial charge in [0.2, 0.25) is 0 Å². The molecule has 0 saturated heterocycles. The highest BCUT2D eigenvalue weighted by atomic mass is 16.6. The van der Waals surface area contributed by atoms with Crippen LogP contribution in [0.15, 0.2) is 84.0 Å². The summed E-state index contributed by atoms with van der Waals surface area (Å²) >= 11 is 0. The lowest BCUT2D eigenvalue weighted by Gasteiger charge is -2.15. The van der Waals surface area contributed by atoms with Gasteiger partial charge in [-0.1, -0.05) is 72.8 Å². The van der Waals surface area contributed by atoms with Crippen molar-refractivity contribution in [2.45, 2.75) is 12.8 Å². The Hall–Kier alpha value is -2.56. The van der Waals surface area contributed by atoms with Gasteiger partial charge in [0.1, 0.15) is 0 Å². The van der Waals surface area contributed by atoms with Crippen LogP contribution in [0.3, 0.4) is 0 Å². The highest BCUT2D eigenvalue weighted by Gasteiger charge is 2.09. The van der Waals surface area contributed by atoms with Crippen molar-refractivity contribution in [2.75, 3.05) is 145 Å². The predicted molar refractivity (Wildman–Crippen MR) is 199 cm³/mol. The van der Waals surface area contributed by atoms with Gasteiger partial charge in [0.05, 0.1) is 145 Å². The Balaban J connectivity index is 1.73. The normalized spacial score (nSPS) is 12.2. The second kappa shape index (κ2) is 35.5. The number of rotatable bonds is 37. The molecule has 0 heterocycles. The van der Waals surface area contributed by atoms with Crippen LogP contribution in [-0.2, 0) is 60.2 Å². The van der Waals surface area contributed by atoms with E-state index in [0.717, 1.165) is 12.8 Å². The zero-order valence-corrected chi connectivity index (χ0v) is 30.9. The summed E-state index contributed by atoms with van der Waals surface area (Å²) < 4.78 is 55.4. The SMILES string of the molecule is OCCOCCOCCOCCOCCOC/C=C/C(Cc1ccccc1)=C(/COCCOCCOCCOCCOCCO)Cc1ccccc1. The molecule has 0 fully saturated rings. The molecule has 52 heavy (non-hydrogen) atoms. The van der Waals surface area contributed by atoms with E-state index in [9.17, 15) is 0 Å². The Kier molecular flexibility index (Phi) is 31.1. The standard InChI is InChI=1S/C40H62O12/c41-13-16-44-19-22-47-25-28-49-27-24-46-21-18-43-15-7-12-39(34-37-8-3-1-4-9-37)40(35-38-10-5-2-6-11-38)36-52-33-32-51-31-30-50-29-26-48-23-20-45-17-14-42/h1-12,41-42H,13-36H2/b12-7+,40-39-. The molecule has 0 unspecified atom stereocenters. The molecule has 12 heteroatoms. The van der Waals surface area contributed by atoms with Gasteiger partial charge in [0.25, 0.3) is 0 Å². The fourth-order valence-corrected chi connectivity index (χ4v) is 4.64. The van der Waals surface area contributed by atoms with Crippen molar-refractivity contribution < 1.29 is 57.6 Å². The molecule has 0 atom stereocenters. The third-order valence-corrected chi connectivity index (χ3v) is 7.21. The molecule has 0 amide bonds. The molecule has 2 aromatic rings. The second-order valence-corrected chi connectivity index (χ2v) is 11.3. The number of hydrogen-bond acceptors (Lipinski definition) is 12. The maximum absolute atomic E-state index is 8.69. The number of aliphatic hydroxyl groups is 2. The maximum Gasteiger partial charge on any atom is 0.0704 e.